The lowest BCUT2D eigenvalue weighted by Gasteiger charge is -2.28. The van der Waals surface area contributed by atoms with Gasteiger partial charge in [-0.3, -0.25) is 4.79 Å². The fourth-order valence-corrected chi connectivity index (χ4v) is 3.44. The highest BCUT2D eigenvalue weighted by atomic mass is 32.2. The van der Waals surface area contributed by atoms with Crippen molar-refractivity contribution in [2.24, 2.45) is 5.92 Å². The van der Waals surface area contributed by atoms with Gasteiger partial charge in [0.25, 0.3) is 0 Å². The number of carbonyl (C=O) groups excluding carboxylic acids is 1. The number of nitrogens with zero attached hydrogens (tertiary/aromatic N) is 1. The van der Waals surface area contributed by atoms with E-state index in [1.165, 1.54) is 10.6 Å². The number of carbonyl (C=O) groups is 1. The Hall–Kier alpha value is -1.80. The Balaban J connectivity index is 1.59. The van der Waals surface area contributed by atoms with Gasteiger partial charge in [-0.15, -0.1) is 0 Å². The number of hydrogen-bond acceptors (Lipinski definition) is 6. The van der Waals surface area contributed by atoms with Crippen molar-refractivity contribution in [1.29, 1.82) is 0 Å². The van der Waals surface area contributed by atoms with Crippen molar-refractivity contribution in [3.8, 4) is 17.2 Å². The molecule has 22 heavy (non-hydrogen) atoms. The molecule has 1 saturated heterocycles. The molecular formula is C14H17NO6S. The van der Waals surface area contributed by atoms with Gasteiger partial charge in [0.1, 0.15) is 5.75 Å². The van der Waals surface area contributed by atoms with Crippen molar-refractivity contribution in [1.82, 2.24) is 4.31 Å². The Bertz CT molecular complexity index is 679. The number of hydrogen-bond donors (Lipinski definition) is 0. The molecule has 0 radical (unpaired) electrons. The molecule has 0 atom stereocenters. The largest absolute Gasteiger partial charge is 0.454 e. The summed E-state index contributed by atoms with van der Waals surface area (Å²) in [5, 5.41) is 0. The average molecular weight is 327 g/mol. The fraction of sp³-hybridized carbons (Fsp3) is 0.500. The monoisotopic (exact) mass is 327 g/mol. The normalized spacial score (nSPS) is 19.1. The molecule has 2 heterocycles. The van der Waals surface area contributed by atoms with E-state index in [0.717, 1.165) is 0 Å². The van der Waals surface area contributed by atoms with E-state index in [1.807, 2.05) is 0 Å². The summed E-state index contributed by atoms with van der Waals surface area (Å²) in [5.41, 5.74) is 0. The molecule has 0 aromatic heterocycles. The number of piperidine rings is 1. The first kappa shape index (κ1) is 15.1. The first-order valence-corrected chi connectivity index (χ1v) is 8.85. The molecule has 0 bridgehead atoms. The molecule has 0 amide bonds. The average Bonchev–Trinajstić information content (AvgIpc) is 2.94. The Morgan fingerprint density at radius 1 is 1.23 bits per heavy atom. The highest BCUT2D eigenvalue weighted by Gasteiger charge is 2.30. The Kier molecular flexibility index (Phi) is 3.96. The molecule has 1 fully saturated rings. The van der Waals surface area contributed by atoms with E-state index < -0.39 is 10.0 Å². The molecule has 2 aliphatic rings. The van der Waals surface area contributed by atoms with Gasteiger partial charge < -0.3 is 14.2 Å². The lowest BCUT2D eigenvalue weighted by atomic mass is 9.98. The van der Waals surface area contributed by atoms with Gasteiger partial charge in [0.05, 0.1) is 12.2 Å². The summed E-state index contributed by atoms with van der Waals surface area (Å²) in [6.45, 7) is 0.857. The zero-order valence-electron chi connectivity index (χ0n) is 12.1. The van der Waals surface area contributed by atoms with Crippen molar-refractivity contribution in [2.45, 2.75) is 12.8 Å². The van der Waals surface area contributed by atoms with Crippen LogP contribution in [0.15, 0.2) is 18.2 Å². The second-order valence-electron chi connectivity index (χ2n) is 5.37. The number of benzene rings is 1. The van der Waals surface area contributed by atoms with E-state index >= 15 is 0 Å². The third-order valence-corrected chi connectivity index (χ3v) is 5.12. The molecular weight excluding hydrogens is 310 g/mol. The summed E-state index contributed by atoms with van der Waals surface area (Å²) in [7, 11) is -3.19. The van der Waals surface area contributed by atoms with E-state index in [2.05, 4.69) is 0 Å². The van der Waals surface area contributed by atoms with Crippen LogP contribution in [0.2, 0.25) is 0 Å². The van der Waals surface area contributed by atoms with Crippen LogP contribution in [0.25, 0.3) is 0 Å². The minimum atomic E-state index is -3.19. The second kappa shape index (κ2) is 5.77. The van der Waals surface area contributed by atoms with Crippen LogP contribution < -0.4 is 14.2 Å². The highest BCUT2D eigenvalue weighted by Crippen LogP contribution is 2.35. The first-order chi connectivity index (χ1) is 10.4. The summed E-state index contributed by atoms with van der Waals surface area (Å²) in [6, 6.07) is 4.96. The number of ether oxygens (including phenoxy) is 3. The van der Waals surface area contributed by atoms with Gasteiger partial charge in [-0.25, -0.2) is 12.7 Å². The first-order valence-electron chi connectivity index (χ1n) is 7.00. The predicted molar refractivity (Wildman–Crippen MR) is 77.3 cm³/mol. The van der Waals surface area contributed by atoms with Crippen LogP contribution in [0.1, 0.15) is 12.8 Å². The fourth-order valence-electron chi connectivity index (χ4n) is 2.56. The van der Waals surface area contributed by atoms with Gasteiger partial charge in [0.15, 0.2) is 11.5 Å². The van der Waals surface area contributed by atoms with Gasteiger partial charge >= 0.3 is 5.97 Å². The molecule has 7 nitrogen and oxygen atoms in total. The Morgan fingerprint density at radius 2 is 1.91 bits per heavy atom. The molecule has 120 valence electrons. The summed E-state index contributed by atoms with van der Waals surface area (Å²) in [4.78, 5) is 12.2. The van der Waals surface area contributed by atoms with Crippen LogP contribution in [0.3, 0.4) is 0 Å². The Labute approximate surface area is 128 Å². The van der Waals surface area contributed by atoms with Gasteiger partial charge in [-0.2, -0.15) is 0 Å². The molecule has 1 aromatic carbocycles. The lowest BCUT2D eigenvalue weighted by Crippen LogP contribution is -2.40. The molecule has 1 aromatic rings. The summed E-state index contributed by atoms with van der Waals surface area (Å²) >= 11 is 0. The summed E-state index contributed by atoms with van der Waals surface area (Å²) in [6.07, 6.45) is 2.12. The Morgan fingerprint density at radius 3 is 2.59 bits per heavy atom. The van der Waals surface area contributed by atoms with Crippen LogP contribution in [-0.2, 0) is 14.8 Å². The molecule has 0 saturated carbocycles. The SMILES string of the molecule is CS(=O)(=O)N1CCC(C(=O)Oc2ccc3c(c2)OCO3)CC1. The van der Waals surface area contributed by atoms with Gasteiger partial charge in [-0.1, -0.05) is 0 Å². The van der Waals surface area contributed by atoms with E-state index in [0.29, 0.717) is 43.2 Å². The zero-order chi connectivity index (χ0) is 15.7. The van der Waals surface area contributed by atoms with Crippen LogP contribution >= 0.6 is 0 Å². The molecule has 8 heteroatoms. The highest BCUT2D eigenvalue weighted by molar-refractivity contribution is 7.88. The molecule has 0 aliphatic carbocycles. The third-order valence-electron chi connectivity index (χ3n) is 3.82. The van der Waals surface area contributed by atoms with Crippen LogP contribution in [0, 0.1) is 5.92 Å². The third kappa shape index (κ3) is 3.17. The van der Waals surface area contributed by atoms with Crippen molar-refractivity contribution < 1.29 is 27.4 Å². The van der Waals surface area contributed by atoms with Crippen LogP contribution in [0.5, 0.6) is 17.2 Å². The van der Waals surface area contributed by atoms with Gasteiger partial charge in [0, 0.05) is 19.2 Å². The quantitative estimate of drug-likeness (QED) is 0.608. The van der Waals surface area contributed by atoms with Crippen molar-refractivity contribution in [2.75, 3.05) is 26.1 Å². The van der Waals surface area contributed by atoms with E-state index in [1.54, 1.807) is 18.2 Å². The summed E-state index contributed by atoms with van der Waals surface area (Å²) in [5.74, 6) is 0.952. The summed E-state index contributed by atoms with van der Waals surface area (Å²) < 4.78 is 40.1. The minimum Gasteiger partial charge on any atom is -0.454 e. The maximum atomic E-state index is 12.2. The number of fused-ring (bicyclic) bond motifs is 1. The van der Waals surface area contributed by atoms with Gasteiger partial charge in [0.2, 0.25) is 16.8 Å². The number of sulfonamides is 1. The van der Waals surface area contributed by atoms with E-state index in [4.69, 9.17) is 14.2 Å². The van der Waals surface area contributed by atoms with E-state index in [-0.39, 0.29) is 18.7 Å². The zero-order valence-corrected chi connectivity index (χ0v) is 13.0. The lowest BCUT2D eigenvalue weighted by molar-refractivity contribution is -0.140. The smallest absolute Gasteiger partial charge is 0.314 e. The topological polar surface area (TPSA) is 82.1 Å². The second-order valence-corrected chi connectivity index (χ2v) is 7.35. The van der Waals surface area contributed by atoms with Crippen LogP contribution in [0.4, 0.5) is 0 Å². The van der Waals surface area contributed by atoms with Crippen molar-refractivity contribution in [3.05, 3.63) is 18.2 Å². The number of esters is 1. The standard InChI is InChI=1S/C14H17NO6S/c1-22(17,18)15-6-4-10(5-7-15)14(16)21-11-2-3-12-13(8-11)20-9-19-12/h2-3,8,10H,4-7,9H2,1H3. The molecule has 0 N–H and O–H groups in total. The maximum Gasteiger partial charge on any atom is 0.314 e. The van der Waals surface area contributed by atoms with Crippen molar-refractivity contribution >= 4 is 16.0 Å². The molecule has 2 aliphatic heterocycles. The number of rotatable bonds is 3. The van der Waals surface area contributed by atoms with Crippen LogP contribution in [-0.4, -0.2) is 44.8 Å². The minimum absolute atomic E-state index is 0.163. The molecule has 0 unspecified atom stereocenters. The van der Waals surface area contributed by atoms with E-state index in [9.17, 15) is 13.2 Å². The maximum absolute atomic E-state index is 12.2. The van der Waals surface area contributed by atoms with Gasteiger partial charge in [-0.05, 0) is 25.0 Å². The van der Waals surface area contributed by atoms with Crippen molar-refractivity contribution in [3.63, 3.8) is 0 Å². The predicted octanol–water partition coefficient (Wildman–Crippen LogP) is 0.992. The molecule has 3 rings (SSSR count). The molecule has 0 spiro atoms.